The van der Waals surface area contributed by atoms with Crippen LogP contribution < -0.4 is 5.32 Å². The zero-order chi connectivity index (χ0) is 24.5. The predicted molar refractivity (Wildman–Crippen MR) is 126 cm³/mol. The van der Waals surface area contributed by atoms with E-state index in [2.05, 4.69) is 11.4 Å². The smallest absolute Gasteiger partial charge is 0.337 e. The van der Waals surface area contributed by atoms with Gasteiger partial charge in [-0.1, -0.05) is 30.3 Å². The van der Waals surface area contributed by atoms with E-state index >= 15 is 0 Å². The Hall–Kier alpha value is -4.31. The molecule has 170 valence electrons. The number of anilines is 1. The maximum absolute atomic E-state index is 13.1. The van der Waals surface area contributed by atoms with Crippen LogP contribution in [0.15, 0.2) is 77.7 Å². The number of amides is 1. The van der Waals surface area contributed by atoms with Crippen LogP contribution in [0.1, 0.15) is 38.3 Å². The average Bonchev–Trinajstić information content (AvgIpc) is 2.86. The third kappa shape index (κ3) is 6.14. The Morgan fingerprint density at radius 2 is 1.71 bits per heavy atom. The number of hydrogen-bond acceptors (Lipinski definition) is 5. The highest BCUT2D eigenvalue weighted by Crippen LogP contribution is 2.20. The molecule has 0 bridgehead atoms. The Bertz CT molecular complexity index is 1300. The summed E-state index contributed by atoms with van der Waals surface area (Å²) in [6.07, 6.45) is 0.218. The second kappa shape index (κ2) is 11.5. The summed E-state index contributed by atoms with van der Waals surface area (Å²) < 4.78 is 14.8. The number of nitriles is 2. The van der Waals surface area contributed by atoms with E-state index < -0.39 is 22.9 Å². The first-order valence-electron chi connectivity index (χ1n) is 10.2. The first-order chi connectivity index (χ1) is 16.4. The Morgan fingerprint density at radius 3 is 2.32 bits per heavy atom. The number of carboxylic acid groups (broad SMARTS) is 1. The van der Waals surface area contributed by atoms with Gasteiger partial charge < -0.3 is 10.4 Å². The van der Waals surface area contributed by atoms with Gasteiger partial charge in [-0.15, -0.1) is 0 Å². The minimum Gasteiger partial charge on any atom is -0.478 e. The van der Waals surface area contributed by atoms with Crippen LogP contribution in [0, 0.1) is 22.7 Å². The molecule has 0 heterocycles. The van der Waals surface area contributed by atoms with Gasteiger partial charge in [0.1, 0.15) is 11.0 Å². The summed E-state index contributed by atoms with van der Waals surface area (Å²) in [5.41, 5.74) is 1.24. The van der Waals surface area contributed by atoms with E-state index in [0.29, 0.717) is 18.0 Å². The van der Waals surface area contributed by atoms with E-state index in [-0.39, 0.29) is 28.8 Å². The highest BCUT2D eigenvalue weighted by molar-refractivity contribution is 7.82. The zero-order valence-corrected chi connectivity index (χ0v) is 18.8. The first kappa shape index (κ1) is 24.3. The predicted octanol–water partition coefficient (Wildman–Crippen LogP) is 3.95. The van der Waals surface area contributed by atoms with Crippen molar-refractivity contribution < 1.29 is 18.9 Å². The number of nitrogens with one attached hydrogen (secondary N) is 1. The van der Waals surface area contributed by atoms with Gasteiger partial charge in [0.05, 0.1) is 33.8 Å². The number of carbonyl (C=O) groups excluding carboxylic acids is 1. The van der Waals surface area contributed by atoms with Gasteiger partial charge in [-0.2, -0.15) is 10.5 Å². The Labute approximate surface area is 199 Å². The number of rotatable bonds is 9. The number of hydrogen-bond donors (Lipinski definition) is 2. The SMILES string of the molecule is N#CCCN(Cc1ccccc1)S(=O)c1ccc(C(=O)Nc2ccc(C#N)cc2C(=O)O)cc1. The molecule has 1 unspecified atom stereocenters. The Morgan fingerprint density at radius 1 is 1.00 bits per heavy atom. The third-order valence-corrected chi connectivity index (χ3v) is 6.31. The van der Waals surface area contributed by atoms with Crippen molar-refractivity contribution in [2.75, 3.05) is 11.9 Å². The Balaban J connectivity index is 1.76. The minimum absolute atomic E-state index is 0.0645. The fourth-order valence-electron chi connectivity index (χ4n) is 3.15. The first-order valence-corrected chi connectivity index (χ1v) is 11.3. The van der Waals surface area contributed by atoms with E-state index in [1.165, 1.54) is 30.3 Å². The van der Waals surface area contributed by atoms with Crippen molar-refractivity contribution in [3.05, 3.63) is 95.1 Å². The molecule has 9 heteroatoms. The molecule has 0 aromatic heterocycles. The van der Waals surface area contributed by atoms with Crippen LogP contribution in [0.4, 0.5) is 5.69 Å². The molecule has 1 atom stereocenters. The molecular weight excluding hydrogens is 452 g/mol. The molecular formula is C25H20N4O4S. The van der Waals surface area contributed by atoms with Crippen molar-refractivity contribution in [2.24, 2.45) is 0 Å². The van der Waals surface area contributed by atoms with E-state index in [9.17, 15) is 18.9 Å². The zero-order valence-electron chi connectivity index (χ0n) is 18.0. The highest BCUT2D eigenvalue weighted by atomic mass is 32.2. The molecule has 0 aliphatic rings. The topological polar surface area (TPSA) is 134 Å². The lowest BCUT2D eigenvalue weighted by molar-refractivity contribution is 0.0698. The maximum atomic E-state index is 13.1. The fraction of sp³-hybridized carbons (Fsp3) is 0.120. The van der Waals surface area contributed by atoms with Gasteiger partial charge in [0.15, 0.2) is 0 Å². The van der Waals surface area contributed by atoms with Crippen molar-refractivity contribution in [3.63, 3.8) is 0 Å². The fourth-order valence-corrected chi connectivity index (χ4v) is 4.34. The van der Waals surface area contributed by atoms with Gasteiger partial charge in [-0.3, -0.25) is 4.79 Å². The highest BCUT2D eigenvalue weighted by Gasteiger charge is 2.18. The van der Waals surface area contributed by atoms with Crippen LogP contribution >= 0.6 is 0 Å². The van der Waals surface area contributed by atoms with Crippen LogP contribution in [0.5, 0.6) is 0 Å². The van der Waals surface area contributed by atoms with E-state index in [4.69, 9.17) is 10.5 Å². The van der Waals surface area contributed by atoms with Crippen molar-refractivity contribution in [1.82, 2.24) is 4.31 Å². The van der Waals surface area contributed by atoms with Gasteiger partial charge in [-0.05, 0) is 48.0 Å². The molecule has 3 aromatic rings. The van der Waals surface area contributed by atoms with Crippen molar-refractivity contribution in [2.45, 2.75) is 17.9 Å². The second-order valence-corrected chi connectivity index (χ2v) is 8.65. The molecule has 34 heavy (non-hydrogen) atoms. The average molecular weight is 473 g/mol. The molecule has 0 radical (unpaired) electrons. The molecule has 0 spiro atoms. The third-order valence-electron chi connectivity index (χ3n) is 4.85. The largest absolute Gasteiger partial charge is 0.478 e. The quantitative estimate of drug-likeness (QED) is 0.484. The number of aromatic carboxylic acids is 1. The van der Waals surface area contributed by atoms with E-state index in [1.807, 2.05) is 36.4 Å². The van der Waals surface area contributed by atoms with Crippen LogP contribution in [-0.4, -0.2) is 32.0 Å². The molecule has 0 aliphatic heterocycles. The number of benzene rings is 3. The molecule has 2 N–H and O–H groups in total. The summed E-state index contributed by atoms with van der Waals surface area (Å²) in [5.74, 6) is -1.82. The number of nitrogens with zero attached hydrogens (tertiary/aromatic N) is 3. The number of carbonyl (C=O) groups is 2. The second-order valence-electron chi connectivity index (χ2n) is 7.16. The lowest BCUT2D eigenvalue weighted by atomic mass is 10.1. The molecule has 8 nitrogen and oxygen atoms in total. The molecule has 0 fully saturated rings. The van der Waals surface area contributed by atoms with Crippen LogP contribution in [0.3, 0.4) is 0 Å². The summed E-state index contributed by atoms with van der Waals surface area (Å²) in [5, 5.41) is 29.8. The molecule has 0 saturated carbocycles. The Kier molecular flexibility index (Phi) is 8.25. The molecule has 3 aromatic carbocycles. The van der Waals surface area contributed by atoms with Gasteiger partial charge in [0.25, 0.3) is 5.91 Å². The lowest BCUT2D eigenvalue weighted by Crippen LogP contribution is -2.27. The summed E-state index contributed by atoms with van der Waals surface area (Å²) in [6, 6.07) is 23.5. The summed E-state index contributed by atoms with van der Waals surface area (Å²) in [6.45, 7) is 0.713. The lowest BCUT2D eigenvalue weighted by Gasteiger charge is -2.20. The summed E-state index contributed by atoms with van der Waals surface area (Å²) in [4.78, 5) is 24.6. The number of carboxylic acids is 1. The monoisotopic (exact) mass is 472 g/mol. The molecule has 1 amide bonds. The summed E-state index contributed by atoms with van der Waals surface area (Å²) >= 11 is 0. The normalized spacial score (nSPS) is 11.3. The van der Waals surface area contributed by atoms with Gasteiger partial charge in [0.2, 0.25) is 0 Å². The van der Waals surface area contributed by atoms with Crippen molar-refractivity contribution >= 4 is 28.5 Å². The van der Waals surface area contributed by atoms with Crippen molar-refractivity contribution in [3.8, 4) is 12.1 Å². The van der Waals surface area contributed by atoms with Gasteiger partial charge in [0, 0.05) is 25.1 Å². The maximum Gasteiger partial charge on any atom is 0.337 e. The van der Waals surface area contributed by atoms with Gasteiger partial charge >= 0.3 is 5.97 Å². The summed E-state index contributed by atoms with van der Waals surface area (Å²) in [7, 11) is -1.55. The molecule has 0 aliphatic carbocycles. The standard InChI is InChI=1S/C25H20N4O4S/c26-13-4-14-29(17-18-5-2-1-3-6-18)34(33)21-10-8-20(9-11-21)24(30)28-23-12-7-19(16-27)15-22(23)25(31)32/h1-3,5-12,15H,4,14,17H2,(H,28,30)(H,31,32). The molecule has 3 rings (SSSR count). The molecule has 0 saturated heterocycles. The van der Waals surface area contributed by atoms with Crippen molar-refractivity contribution in [1.29, 1.82) is 10.5 Å². The minimum atomic E-state index is -1.55. The van der Waals surface area contributed by atoms with Crippen LogP contribution in [0.2, 0.25) is 0 Å². The van der Waals surface area contributed by atoms with Crippen LogP contribution in [-0.2, 0) is 17.5 Å². The van der Waals surface area contributed by atoms with E-state index in [1.54, 1.807) is 16.4 Å². The van der Waals surface area contributed by atoms with Gasteiger partial charge in [-0.25, -0.2) is 13.3 Å². The van der Waals surface area contributed by atoms with Crippen LogP contribution in [0.25, 0.3) is 0 Å². The van der Waals surface area contributed by atoms with E-state index in [0.717, 1.165) is 5.56 Å².